The van der Waals surface area contributed by atoms with Crippen molar-refractivity contribution in [1.29, 1.82) is 0 Å². The molecule has 0 spiro atoms. The Morgan fingerprint density at radius 1 is 1.39 bits per heavy atom. The third-order valence-corrected chi connectivity index (χ3v) is 3.58. The van der Waals surface area contributed by atoms with Gasteiger partial charge < -0.3 is 10.1 Å². The molecule has 2 rings (SSSR count). The molecule has 1 aromatic heterocycles. The van der Waals surface area contributed by atoms with E-state index in [1.807, 2.05) is 19.9 Å². The normalized spacial score (nSPS) is 22.2. The Morgan fingerprint density at radius 2 is 2.17 bits per heavy atom. The Labute approximate surface area is 109 Å². The van der Waals surface area contributed by atoms with Gasteiger partial charge in [0.25, 0.3) is 0 Å². The van der Waals surface area contributed by atoms with E-state index in [0.717, 1.165) is 5.82 Å². The van der Waals surface area contributed by atoms with Gasteiger partial charge in [-0.15, -0.1) is 0 Å². The summed E-state index contributed by atoms with van der Waals surface area (Å²) in [7, 11) is 0. The van der Waals surface area contributed by atoms with Crippen molar-refractivity contribution in [3.05, 3.63) is 12.4 Å². The first-order chi connectivity index (χ1) is 8.47. The second-order valence-corrected chi connectivity index (χ2v) is 5.99. The molecule has 1 aliphatic carbocycles. The standard InChI is InChI=1S/C14H23N3O/c1-10(2)18-13-8-12(15-9-16-13)17-11-6-5-7-14(11,3)4/h8-11H,5-7H2,1-4H3,(H,15,16,17). The number of ether oxygens (including phenoxy) is 1. The molecule has 1 heterocycles. The van der Waals surface area contributed by atoms with Gasteiger partial charge in [-0.3, -0.25) is 0 Å². The van der Waals surface area contributed by atoms with Crippen molar-refractivity contribution in [2.75, 3.05) is 5.32 Å². The van der Waals surface area contributed by atoms with E-state index in [4.69, 9.17) is 4.74 Å². The van der Waals surface area contributed by atoms with Gasteiger partial charge in [-0.05, 0) is 32.1 Å². The summed E-state index contributed by atoms with van der Waals surface area (Å²) in [6.07, 6.45) is 5.45. The van der Waals surface area contributed by atoms with Crippen LogP contribution in [0.25, 0.3) is 0 Å². The highest BCUT2D eigenvalue weighted by Crippen LogP contribution is 2.38. The van der Waals surface area contributed by atoms with E-state index < -0.39 is 0 Å². The molecule has 0 radical (unpaired) electrons. The summed E-state index contributed by atoms with van der Waals surface area (Å²) in [5.41, 5.74) is 0.337. The van der Waals surface area contributed by atoms with Crippen molar-refractivity contribution in [2.45, 2.75) is 59.1 Å². The number of rotatable bonds is 4. The molecule has 4 heteroatoms. The summed E-state index contributed by atoms with van der Waals surface area (Å²) < 4.78 is 5.58. The minimum Gasteiger partial charge on any atom is -0.475 e. The molecule has 4 nitrogen and oxygen atoms in total. The number of nitrogens with one attached hydrogen (secondary N) is 1. The summed E-state index contributed by atoms with van der Waals surface area (Å²) in [6.45, 7) is 8.61. The van der Waals surface area contributed by atoms with E-state index in [-0.39, 0.29) is 6.10 Å². The first-order valence-electron chi connectivity index (χ1n) is 6.72. The highest BCUT2D eigenvalue weighted by molar-refractivity contribution is 5.39. The van der Waals surface area contributed by atoms with E-state index in [2.05, 4.69) is 29.1 Å². The number of aromatic nitrogens is 2. The maximum atomic E-state index is 5.58. The first kappa shape index (κ1) is 13.1. The van der Waals surface area contributed by atoms with Crippen LogP contribution in [0.15, 0.2) is 12.4 Å². The van der Waals surface area contributed by atoms with Crippen molar-refractivity contribution < 1.29 is 4.74 Å². The molecular formula is C14H23N3O. The zero-order chi connectivity index (χ0) is 13.2. The van der Waals surface area contributed by atoms with Crippen LogP contribution in [0, 0.1) is 5.41 Å². The predicted molar refractivity (Wildman–Crippen MR) is 72.8 cm³/mol. The van der Waals surface area contributed by atoms with Crippen molar-refractivity contribution in [3.8, 4) is 5.88 Å². The van der Waals surface area contributed by atoms with Crippen LogP contribution in [-0.2, 0) is 0 Å². The van der Waals surface area contributed by atoms with Gasteiger partial charge in [0.2, 0.25) is 5.88 Å². The van der Waals surface area contributed by atoms with E-state index >= 15 is 0 Å². The quantitative estimate of drug-likeness (QED) is 0.889. The summed E-state index contributed by atoms with van der Waals surface area (Å²) in [6, 6.07) is 2.37. The highest BCUT2D eigenvalue weighted by Gasteiger charge is 2.34. The minimum absolute atomic E-state index is 0.135. The monoisotopic (exact) mass is 249 g/mol. The zero-order valence-corrected chi connectivity index (χ0v) is 11.7. The molecule has 0 bridgehead atoms. The summed E-state index contributed by atoms with van der Waals surface area (Å²) in [4.78, 5) is 8.39. The summed E-state index contributed by atoms with van der Waals surface area (Å²) in [5, 5.41) is 3.51. The van der Waals surface area contributed by atoms with Crippen LogP contribution in [0.1, 0.15) is 47.0 Å². The lowest BCUT2D eigenvalue weighted by molar-refractivity contribution is 0.232. The van der Waals surface area contributed by atoms with Crippen LogP contribution in [0.5, 0.6) is 5.88 Å². The SMILES string of the molecule is CC(C)Oc1cc(NC2CCCC2(C)C)ncn1. The number of hydrogen-bond donors (Lipinski definition) is 1. The lowest BCUT2D eigenvalue weighted by Gasteiger charge is -2.28. The van der Waals surface area contributed by atoms with Gasteiger partial charge in [-0.2, -0.15) is 0 Å². The maximum Gasteiger partial charge on any atom is 0.218 e. The van der Waals surface area contributed by atoms with E-state index in [1.54, 1.807) is 6.33 Å². The van der Waals surface area contributed by atoms with Crippen LogP contribution in [0.2, 0.25) is 0 Å². The van der Waals surface area contributed by atoms with Gasteiger partial charge in [0.05, 0.1) is 6.10 Å². The fraction of sp³-hybridized carbons (Fsp3) is 0.714. The Balaban J connectivity index is 2.05. The molecule has 1 N–H and O–H groups in total. The Morgan fingerprint density at radius 3 is 2.78 bits per heavy atom. The third kappa shape index (κ3) is 3.12. The van der Waals surface area contributed by atoms with Crippen LogP contribution in [-0.4, -0.2) is 22.1 Å². The van der Waals surface area contributed by atoms with Gasteiger partial charge in [-0.25, -0.2) is 9.97 Å². The number of nitrogens with zero attached hydrogens (tertiary/aromatic N) is 2. The van der Waals surface area contributed by atoms with Crippen LogP contribution in [0.3, 0.4) is 0 Å². The molecule has 1 aliphatic rings. The van der Waals surface area contributed by atoms with E-state index in [1.165, 1.54) is 19.3 Å². The van der Waals surface area contributed by atoms with Crippen molar-refractivity contribution in [2.24, 2.45) is 5.41 Å². The van der Waals surface area contributed by atoms with Crippen LogP contribution < -0.4 is 10.1 Å². The molecule has 1 saturated carbocycles. The molecule has 1 unspecified atom stereocenters. The molecule has 18 heavy (non-hydrogen) atoms. The third-order valence-electron chi connectivity index (χ3n) is 3.58. The molecule has 1 atom stereocenters. The molecule has 0 aromatic carbocycles. The first-order valence-corrected chi connectivity index (χ1v) is 6.72. The Bertz CT molecular complexity index is 404. The number of anilines is 1. The zero-order valence-electron chi connectivity index (χ0n) is 11.7. The lowest BCUT2D eigenvalue weighted by atomic mass is 9.87. The van der Waals surface area contributed by atoms with Gasteiger partial charge in [0.1, 0.15) is 12.1 Å². The maximum absolute atomic E-state index is 5.58. The smallest absolute Gasteiger partial charge is 0.218 e. The van der Waals surface area contributed by atoms with E-state index in [9.17, 15) is 0 Å². The summed E-state index contributed by atoms with van der Waals surface area (Å²) >= 11 is 0. The van der Waals surface area contributed by atoms with Crippen molar-refractivity contribution >= 4 is 5.82 Å². The fourth-order valence-electron chi connectivity index (χ4n) is 2.50. The summed E-state index contributed by atoms with van der Waals surface area (Å²) in [5.74, 6) is 1.50. The molecule has 0 saturated heterocycles. The fourth-order valence-corrected chi connectivity index (χ4v) is 2.50. The number of hydrogen-bond acceptors (Lipinski definition) is 4. The van der Waals surface area contributed by atoms with Gasteiger partial charge in [-0.1, -0.05) is 20.3 Å². The predicted octanol–water partition coefficient (Wildman–Crippen LogP) is 3.25. The van der Waals surface area contributed by atoms with Gasteiger partial charge in [0.15, 0.2) is 0 Å². The van der Waals surface area contributed by atoms with Crippen molar-refractivity contribution in [3.63, 3.8) is 0 Å². The molecule has 100 valence electrons. The van der Waals surface area contributed by atoms with Gasteiger partial charge in [0, 0.05) is 12.1 Å². The molecule has 0 aliphatic heterocycles. The highest BCUT2D eigenvalue weighted by atomic mass is 16.5. The molecule has 1 fully saturated rings. The molecule has 0 amide bonds. The van der Waals surface area contributed by atoms with Crippen molar-refractivity contribution in [1.82, 2.24) is 9.97 Å². The van der Waals surface area contributed by atoms with Crippen LogP contribution >= 0.6 is 0 Å². The average molecular weight is 249 g/mol. The lowest BCUT2D eigenvalue weighted by Crippen LogP contribution is -2.31. The van der Waals surface area contributed by atoms with E-state index in [0.29, 0.717) is 17.3 Å². The topological polar surface area (TPSA) is 47.0 Å². The second kappa shape index (κ2) is 5.12. The second-order valence-electron chi connectivity index (χ2n) is 5.99. The Hall–Kier alpha value is -1.32. The molecular weight excluding hydrogens is 226 g/mol. The van der Waals surface area contributed by atoms with Crippen LogP contribution in [0.4, 0.5) is 5.82 Å². The molecule has 1 aromatic rings. The Kier molecular flexibility index (Phi) is 3.73. The average Bonchev–Trinajstić information content (AvgIpc) is 2.58. The minimum atomic E-state index is 0.135. The van der Waals surface area contributed by atoms with Gasteiger partial charge >= 0.3 is 0 Å². The largest absolute Gasteiger partial charge is 0.475 e.